The van der Waals surface area contributed by atoms with Crippen LogP contribution in [0.15, 0.2) is 18.2 Å². The summed E-state index contributed by atoms with van der Waals surface area (Å²) >= 11 is 0. The van der Waals surface area contributed by atoms with Crippen molar-refractivity contribution in [2.75, 3.05) is 6.61 Å². The number of aliphatic carboxylic acids is 1. The van der Waals surface area contributed by atoms with Gasteiger partial charge in [-0.2, -0.15) is 0 Å². The molecule has 0 aliphatic carbocycles. The molecular formula is C18H27NO4. The van der Waals surface area contributed by atoms with Crippen LogP contribution in [0.1, 0.15) is 38.8 Å². The summed E-state index contributed by atoms with van der Waals surface area (Å²) < 4.78 is 5.75. The Morgan fingerprint density at radius 3 is 2.13 bits per heavy atom. The number of benzene rings is 1. The fourth-order valence-electron chi connectivity index (χ4n) is 2.20. The Morgan fingerprint density at radius 1 is 1.17 bits per heavy atom. The minimum Gasteiger partial charge on any atom is -0.492 e. The zero-order valence-corrected chi connectivity index (χ0v) is 14.8. The molecule has 0 saturated carbocycles. The first-order valence-corrected chi connectivity index (χ1v) is 7.78. The fourth-order valence-corrected chi connectivity index (χ4v) is 2.20. The summed E-state index contributed by atoms with van der Waals surface area (Å²) in [6, 6.07) is 4.97. The standard InChI is InChI=1S/C18H27NO4/c1-11(2)15(16(20)21)19-17(22)18(5,6)10-23-14-8-12(3)7-13(4)9-14/h7-9,11,15H,10H2,1-6H3,(H,19,22)(H,20,21). The molecule has 0 bridgehead atoms. The maximum Gasteiger partial charge on any atom is 0.326 e. The van der Waals surface area contributed by atoms with Crippen molar-refractivity contribution in [3.8, 4) is 5.75 Å². The van der Waals surface area contributed by atoms with Gasteiger partial charge in [0.05, 0.1) is 5.41 Å². The van der Waals surface area contributed by atoms with Gasteiger partial charge in [0.2, 0.25) is 5.91 Å². The number of aryl methyl sites for hydroxylation is 2. The fraction of sp³-hybridized carbons (Fsp3) is 0.556. The number of amides is 1. The first-order valence-electron chi connectivity index (χ1n) is 7.78. The number of rotatable bonds is 7. The predicted octanol–water partition coefficient (Wildman–Crippen LogP) is 2.93. The SMILES string of the molecule is Cc1cc(C)cc(OCC(C)(C)C(=O)NC(C(=O)O)C(C)C)c1. The van der Waals surface area contributed by atoms with Gasteiger partial charge in [-0.25, -0.2) is 4.79 Å². The lowest BCUT2D eigenvalue weighted by Gasteiger charge is -2.27. The predicted molar refractivity (Wildman–Crippen MR) is 89.6 cm³/mol. The third kappa shape index (κ3) is 5.58. The number of carbonyl (C=O) groups excluding carboxylic acids is 1. The number of hydrogen-bond donors (Lipinski definition) is 2. The van der Waals surface area contributed by atoms with E-state index in [4.69, 9.17) is 4.74 Å². The molecule has 0 heterocycles. The van der Waals surface area contributed by atoms with Gasteiger partial charge in [0, 0.05) is 0 Å². The van der Waals surface area contributed by atoms with Gasteiger partial charge < -0.3 is 15.2 Å². The minimum absolute atomic E-state index is 0.173. The van der Waals surface area contributed by atoms with Crippen molar-refractivity contribution in [1.82, 2.24) is 5.32 Å². The number of hydrogen-bond acceptors (Lipinski definition) is 3. The monoisotopic (exact) mass is 321 g/mol. The average Bonchev–Trinajstić information content (AvgIpc) is 2.40. The molecule has 0 fully saturated rings. The summed E-state index contributed by atoms with van der Waals surface area (Å²) in [4.78, 5) is 23.6. The van der Waals surface area contributed by atoms with Crippen LogP contribution in [0.5, 0.6) is 5.75 Å². The van der Waals surface area contributed by atoms with Crippen molar-refractivity contribution in [2.45, 2.75) is 47.6 Å². The summed E-state index contributed by atoms with van der Waals surface area (Å²) in [5, 5.41) is 11.8. The van der Waals surface area contributed by atoms with E-state index in [0.29, 0.717) is 5.75 Å². The van der Waals surface area contributed by atoms with Crippen molar-refractivity contribution in [2.24, 2.45) is 11.3 Å². The number of ether oxygens (including phenoxy) is 1. The van der Waals surface area contributed by atoms with Crippen LogP contribution < -0.4 is 10.1 Å². The van der Waals surface area contributed by atoms with Gasteiger partial charge in [0.15, 0.2) is 0 Å². The topological polar surface area (TPSA) is 75.6 Å². The molecule has 1 amide bonds. The largest absolute Gasteiger partial charge is 0.492 e. The van der Waals surface area contributed by atoms with E-state index in [-0.39, 0.29) is 18.4 Å². The first kappa shape index (κ1) is 19.0. The van der Waals surface area contributed by atoms with E-state index < -0.39 is 17.4 Å². The second kappa shape index (κ2) is 7.49. The van der Waals surface area contributed by atoms with Crippen molar-refractivity contribution in [3.63, 3.8) is 0 Å². The van der Waals surface area contributed by atoms with Gasteiger partial charge >= 0.3 is 5.97 Å². The highest BCUT2D eigenvalue weighted by molar-refractivity contribution is 5.87. The minimum atomic E-state index is -1.03. The smallest absolute Gasteiger partial charge is 0.326 e. The molecule has 2 N–H and O–H groups in total. The van der Waals surface area contributed by atoms with Crippen LogP contribution in [0.4, 0.5) is 0 Å². The number of nitrogens with one attached hydrogen (secondary N) is 1. The lowest BCUT2D eigenvalue weighted by Crippen LogP contribution is -2.50. The molecule has 0 aliphatic heterocycles. The number of carbonyl (C=O) groups is 2. The molecule has 1 aromatic rings. The van der Waals surface area contributed by atoms with Gasteiger partial charge in [-0.05, 0) is 56.9 Å². The normalized spacial score (nSPS) is 12.8. The van der Waals surface area contributed by atoms with E-state index in [0.717, 1.165) is 11.1 Å². The highest BCUT2D eigenvalue weighted by atomic mass is 16.5. The van der Waals surface area contributed by atoms with E-state index in [2.05, 4.69) is 5.32 Å². The van der Waals surface area contributed by atoms with E-state index in [1.165, 1.54) is 0 Å². The molecule has 128 valence electrons. The summed E-state index contributed by atoms with van der Waals surface area (Å²) in [5.74, 6) is -0.836. The number of carboxylic acids is 1. The quantitative estimate of drug-likeness (QED) is 0.809. The van der Waals surface area contributed by atoms with Crippen molar-refractivity contribution in [1.29, 1.82) is 0 Å². The van der Waals surface area contributed by atoms with E-state index in [1.807, 2.05) is 32.0 Å². The summed E-state index contributed by atoms with van der Waals surface area (Å²) in [6.07, 6.45) is 0. The Balaban J connectivity index is 2.73. The van der Waals surface area contributed by atoms with Crippen molar-refractivity contribution < 1.29 is 19.4 Å². The lowest BCUT2D eigenvalue weighted by molar-refractivity contribution is -0.145. The molecule has 0 radical (unpaired) electrons. The lowest BCUT2D eigenvalue weighted by atomic mass is 9.92. The van der Waals surface area contributed by atoms with Gasteiger partial charge in [-0.15, -0.1) is 0 Å². The molecule has 1 unspecified atom stereocenters. The molecule has 1 aromatic carbocycles. The maximum absolute atomic E-state index is 12.4. The average molecular weight is 321 g/mol. The van der Waals surface area contributed by atoms with E-state index >= 15 is 0 Å². The molecule has 1 rings (SSSR count). The van der Waals surface area contributed by atoms with Gasteiger partial charge in [0.1, 0.15) is 18.4 Å². The van der Waals surface area contributed by atoms with E-state index in [1.54, 1.807) is 27.7 Å². The molecule has 0 spiro atoms. The van der Waals surface area contributed by atoms with Crippen LogP contribution in [0.25, 0.3) is 0 Å². The van der Waals surface area contributed by atoms with Gasteiger partial charge in [-0.1, -0.05) is 19.9 Å². The van der Waals surface area contributed by atoms with Crippen LogP contribution in [0.3, 0.4) is 0 Å². The second-order valence-corrected chi connectivity index (χ2v) is 7.03. The van der Waals surface area contributed by atoms with Crippen LogP contribution >= 0.6 is 0 Å². The van der Waals surface area contributed by atoms with Crippen LogP contribution in [-0.2, 0) is 9.59 Å². The second-order valence-electron chi connectivity index (χ2n) is 7.03. The molecule has 0 aromatic heterocycles. The van der Waals surface area contributed by atoms with Gasteiger partial charge in [0.25, 0.3) is 0 Å². The zero-order chi connectivity index (χ0) is 17.8. The molecule has 5 heteroatoms. The van der Waals surface area contributed by atoms with Gasteiger partial charge in [-0.3, -0.25) is 4.79 Å². The Kier molecular flexibility index (Phi) is 6.19. The Morgan fingerprint density at radius 2 is 1.70 bits per heavy atom. The van der Waals surface area contributed by atoms with Crippen LogP contribution in [0, 0.1) is 25.2 Å². The van der Waals surface area contributed by atoms with Crippen molar-refractivity contribution >= 4 is 11.9 Å². The molecular weight excluding hydrogens is 294 g/mol. The van der Waals surface area contributed by atoms with Crippen molar-refractivity contribution in [3.05, 3.63) is 29.3 Å². The summed E-state index contributed by atoms with van der Waals surface area (Å²) in [7, 11) is 0. The zero-order valence-electron chi connectivity index (χ0n) is 14.8. The molecule has 5 nitrogen and oxygen atoms in total. The summed E-state index contributed by atoms with van der Waals surface area (Å²) in [5.41, 5.74) is 1.35. The van der Waals surface area contributed by atoms with Crippen LogP contribution in [-0.4, -0.2) is 29.6 Å². The maximum atomic E-state index is 12.4. The highest BCUT2D eigenvalue weighted by Gasteiger charge is 2.33. The Hall–Kier alpha value is -2.04. The first-order chi connectivity index (χ1) is 10.5. The highest BCUT2D eigenvalue weighted by Crippen LogP contribution is 2.22. The molecule has 0 saturated heterocycles. The Bertz CT molecular complexity index is 558. The molecule has 0 aliphatic rings. The third-order valence-corrected chi connectivity index (χ3v) is 3.63. The number of carboxylic acid groups (broad SMARTS) is 1. The third-order valence-electron chi connectivity index (χ3n) is 3.63. The Labute approximate surface area is 138 Å². The van der Waals surface area contributed by atoms with E-state index in [9.17, 15) is 14.7 Å². The molecule has 23 heavy (non-hydrogen) atoms. The van der Waals surface area contributed by atoms with Crippen LogP contribution in [0.2, 0.25) is 0 Å². The molecule has 1 atom stereocenters. The summed E-state index contributed by atoms with van der Waals surface area (Å²) in [6.45, 7) is 11.1.